The number of aromatic nitrogens is 3. The second-order valence-corrected chi connectivity index (χ2v) is 6.76. The highest BCUT2D eigenvalue weighted by atomic mass is 16.4. The molecule has 4 aromatic rings. The first-order valence-electron chi connectivity index (χ1n) is 9.43. The second-order valence-electron chi connectivity index (χ2n) is 6.76. The first-order chi connectivity index (χ1) is 14.6. The van der Waals surface area contributed by atoms with Gasteiger partial charge in [0.1, 0.15) is 5.69 Å². The van der Waals surface area contributed by atoms with Crippen LogP contribution in [-0.4, -0.2) is 27.0 Å². The van der Waals surface area contributed by atoms with Gasteiger partial charge in [0.15, 0.2) is 0 Å². The molecule has 2 N–H and O–H groups in total. The molecule has 0 bridgehead atoms. The topological polar surface area (TPSA) is 110 Å². The highest BCUT2D eigenvalue weighted by Gasteiger charge is 2.12. The first kappa shape index (κ1) is 19.3. The van der Waals surface area contributed by atoms with Gasteiger partial charge in [0.05, 0.1) is 5.52 Å². The van der Waals surface area contributed by atoms with E-state index in [4.69, 9.17) is 4.42 Å². The Bertz CT molecular complexity index is 1200. The molecule has 0 radical (unpaired) electrons. The van der Waals surface area contributed by atoms with Crippen molar-refractivity contribution in [2.24, 2.45) is 0 Å². The van der Waals surface area contributed by atoms with Crippen LogP contribution in [0.15, 0.2) is 65.1 Å². The molecule has 2 aromatic heterocycles. The highest BCUT2D eigenvalue weighted by Crippen LogP contribution is 2.18. The molecule has 8 heteroatoms. The smallest absolute Gasteiger partial charge is 0.288 e. The first-order valence-corrected chi connectivity index (χ1v) is 9.43. The average Bonchev–Trinajstić information content (AvgIpc) is 3.25. The monoisotopic (exact) mass is 401 g/mol. The zero-order valence-corrected chi connectivity index (χ0v) is 16.3. The largest absolute Gasteiger partial charge is 0.421 e. The van der Waals surface area contributed by atoms with Crippen molar-refractivity contribution in [1.82, 2.24) is 26.0 Å². The minimum atomic E-state index is -0.492. The van der Waals surface area contributed by atoms with Crippen LogP contribution in [0.1, 0.15) is 28.4 Å². The van der Waals surface area contributed by atoms with Gasteiger partial charge in [0.2, 0.25) is 17.7 Å². The Morgan fingerprint density at radius 3 is 2.57 bits per heavy atom. The van der Waals surface area contributed by atoms with Crippen LogP contribution in [0.5, 0.6) is 0 Å². The predicted octanol–water partition coefficient (Wildman–Crippen LogP) is 2.99. The van der Waals surface area contributed by atoms with Gasteiger partial charge in [0.25, 0.3) is 5.91 Å². The standard InChI is InChI=1S/C22H19N5O3/c1-14-6-8-16(9-7-14)22-27-25-20(30-22)13-12-19(28)24-26-21(29)18-11-10-15-4-2-3-5-17(15)23-18/h2-11H,12-13H2,1H3,(H,24,28)(H,26,29). The van der Waals surface area contributed by atoms with Crippen LogP contribution in [0.4, 0.5) is 0 Å². The Morgan fingerprint density at radius 1 is 0.933 bits per heavy atom. The van der Waals surface area contributed by atoms with E-state index in [-0.39, 0.29) is 24.4 Å². The van der Waals surface area contributed by atoms with E-state index >= 15 is 0 Å². The van der Waals surface area contributed by atoms with Crippen LogP contribution < -0.4 is 10.9 Å². The summed E-state index contributed by atoms with van der Waals surface area (Å²) in [6, 6.07) is 18.6. The summed E-state index contributed by atoms with van der Waals surface area (Å²) in [5, 5.41) is 8.90. The third kappa shape index (κ3) is 4.49. The molecule has 0 unspecified atom stereocenters. The fraction of sp³-hybridized carbons (Fsp3) is 0.136. The summed E-state index contributed by atoms with van der Waals surface area (Å²) in [5.74, 6) is -0.114. The summed E-state index contributed by atoms with van der Waals surface area (Å²) in [5.41, 5.74) is 7.62. The van der Waals surface area contributed by atoms with E-state index in [9.17, 15) is 9.59 Å². The van der Waals surface area contributed by atoms with Crippen molar-refractivity contribution in [1.29, 1.82) is 0 Å². The SMILES string of the molecule is Cc1ccc(-c2nnc(CCC(=O)NNC(=O)c3ccc4ccccc4n3)o2)cc1. The number of pyridine rings is 1. The van der Waals surface area contributed by atoms with Crippen LogP contribution in [0.3, 0.4) is 0 Å². The van der Waals surface area contributed by atoms with Crippen LogP contribution >= 0.6 is 0 Å². The molecule has 8 nitrogen and oxygen atoms in total. The number of hydrogen-bond acceptors (Lipinski definition) is 6. The Hall–Kier alpha value is -4.07. The number of nitrogens with zero attached hydrogens (tertiary/aromatic N) is 3. The second kappa shape index (κ2) is 8.52. The summed E-state index contributed by atoms with van der Waals surface area (Å²) in [6.45, 7) is 2.00. The molecular formula is C22H19N5O3. The third-order valence-corrected chi connectivity index (χ3v) is 4.48. The number of para-hydroxylation sites is 1. The molecular weight excluding hydrogens is 382 g/mol. The number of hydrazine groups is 1. The minimum absolute atomic E-state index is 0.0843. The van der Waals surface area contributed by atoms with E-state index in [1.165, 1.54) is 0 Å². The van der Waals surface area contributed by atoms with Crippen molar-refractivity contribution in [2.45, 2.75) is 19.8 Å². The quantitative estimate of drug-likeness (QED) is 0.498. The molecule has 2 aromatic carbocycles. The lowest BCUT2D eigenvalue weighted by atomic mass is 10.1. The van der Waals surface area contributed by atoms with Gasteiger partial charge in [-0.2, -0.15) is 0 Å². The molecule has 2 heterocycles. The number of aryl methyl sites for hydroxylation is 2. The van der Waals surface area contributed by atoms with E-state index in [2.05, 4.69) is 26.0 Å². The summed E-state index contributed by atoms with van der Waals surface area (Å²) in [4.78, 5) is 28.6. The minimum Gasteiger partial charge on any atom is -0.421 e. The van der Waals surface area contributed by atoms with Crippen molar-refractivity contribution in [3.8, 4) is 11.5 Å². The Morgan fingerprint density at radius 2 is 1.73 bits per heavy atom. The van der Waals surface area contributed by atoms with E-state index in [1.807, 2.05) is 55.5 Å². The van der Waals surface area contributed by atoms with Gasteiger partial charge in [-0.25, -0.2) is 4.98 Å². The Labute approximate surface area is 172 Å². The maximum Gasteiger partial charge on any atom is 0.288 e. The number of rotatable bonds is 5. The number of nitrogens with one attached hydrogen (secondary N) is 2. The Balaban J connectivity index is 1.28. The van der Waals surface area contributed by atoms with Gasteiger partial charge in [-0.3, -0.25) is 20.4 Å². The van der Waals surface area contributed by atoms with Crippen LogP contribution in [-0.2, 0) is 11.2 Å². The zero-order chi connectivity index (χ0) is 20.9. The molecule has 0 saturated carbocycles. The molecule has 0 fully saturated rings. The van der Waals surface area contributed by atoms with Crippen LogP contribution in [0, 0.1) is 6.92 Å². The third-order valence-electron chi connectivity index (χ3n) is 4.48. The maximum atomic E-state index is 12.2. The lowest BCUT2D eigenvalue weighted by molar-refractivity contribution is -0.121. The molecule has 0 saturated heterocycles. The summed E-state index contributed by atoms with van der Waals surface area (Å²) in [7, 11) is 0. The van der Waals surface area contributed by atoms with Gasteiger partial charge in [-0.15, -0.1) is 10.2 Å². The number of amides is 2. The number of benzene rings is 2. The van der Waals surface area contributed by atoms with Gasteiger partial charge in [-0.1, -0.05) is 42.0 Å². The average molecular weight is 401 g/mol. The lowest BCUT2D eigenvalue weighted by Gasteiger charge is -2.07. The van der Waals surface area contributed by atoms with Gasteiger partial charge < -0.3 is 4.42 Å². The molecule has 30 heavy (non-hydrogen) atoms. The molecule has 150 valence electrons. The summed E-state index contributed by atoms with van der Waals surface area (Å²) >= 11 is 0. The molecule has 0 spiro atoms. The lowest BCUT2D eigenvalue weighted by Crippen LogP contribution is -2.42. The van der Waals surface area contributed by atoms with E-state index in [0.29, 0.717) is 17.3 Å². The predicted molar refractivity (Wildman–Crippen MR) is 110 cm³/mol. The van der Waals surface area contributed by atoms with Crippen molar-refractivity contribution in [3.05, 3.63) is 77.8 Å². The molecule has 4 rings (SSSR count). The molecule has 0 aliphatic carbocycles. The van der Waals surface area contributed by atoms with Crippen molar-refractivity contribution >= 4 is 22.7 Å². The maximum absolute atomic E-state index is 12.2. The van der Waals surface area contributed by atoms with Crippen molar-refractivity contribution in [2.75, 3.05) is 0 Å². The number of carbonyl (C=O) groups excluding carboxylic acids is 2. The number of fused-ring (bicyclic) bond motifs is 1. The summed E-state index contributed by atoms with van der Waals surface area (Å²) in [6.07, 6.45) is 0.343. The van der Waals surface area contributed by atoms with Crippen molar-refractivity contribution < 1.29 is 14.0 Å². The normalized spacial score (nSPS) is 10.7. The number of hydrogen-bond donors (Lipinski definition) is 2. The fourth-order valence-corrected chi connectivity index (χ4v) is 2.83. The number of carbonyl (C=O) groups is 2. The Kier molecular flexibility index (Phi) is 5.47. The van der Waals surface area contributed by atoms with Crippen LogP contribution in [0.2, 0.25) is 0 Å². The van der Waals surface area contributed by atoms with E-state index in [0.717, 1.165) is 16.5 Å². The van der Waals surface area contributed by atoms with E-state index < -0.39 is 5.91 Å². The molecule has 2 amide bonds. The highest BCUT2D eigenvalue weighted by molar-refractivity contribution is 5.95. The molecule has 0 atom stereocenters. The molecule has 0 aliphatic rings. The van der Waals surface area contributed by atoms with E-state index in [1.54, 1.807) is 12.1 Å². The van der Waals surface area contributed by atoms with Crippen LogP contribution in [0.25, 0.3) is 22.4 Å². The fourth-order valence-electron chi connectivity index (χ4n) is 2.83. The zero-order valence-electron chi connectivity index (χ0n) is 16.3. The van der Waals surface area contributed by atoms with Crippen molar-refractivity contribution in [3.63, 3.8) is 0 Å². The van der Waals surface area contributed by atoms with Gasteiger partial charge in [-0.05, 0) is 31.2 Å². The molecule has 0 aliphatic heterocycles. The van der Waals surface area contributed by atoms with Gasteiger partial charge in [0, 0.05) is 23.8 Å². The van der Waals surface area contributed by atoms with Gasteiger partial charge >= 0.3 is 0 Å². The summed E-state index contributed by atoms with van der Waals surface area (Å²) < 4.78 is 5.60.